The third-order valence-corrected chi connectivity index (χ3v) is 5.62. The second-order valence-corrected chi connectivity index (χ2v) is 6.25. The minimum absolute atomic E-state index is 0. The number of hydrogen-bond donors (Lipinski definition) is 0. The van der Waals surface area contributed by atoms with Crippen molar-refractivity contribution in [2.24, 2.45) is 0 Å². The first-order valence-electron chi connectivity index (χ1n) is 7.50. The molecule has 0 fully saturated rings. The van der Waals surface area contributed by atoms with Crippen molar-refractivity contribution < 1.29 is 45.1 Å². The van der Waals surface area contributed by atoms with E-state index in [0.717, 1.165) is 0 Å². The standard InChI is InChI=1S/2C10H15.Li.Zr.2H/c2*1-6-7(2)9(4)10(5)8(6)3;;;;/h2*1-5H3;;;;/q;;+1;;;. The van der Waals surface area contributed by atoms with Crippen molar-refractivity contribution in [1.29, 1.82) is 0 Å². The minimum atomic E-state index is 0. The van der Waals surface area contributed by atoms with E-state index in [2.05, 4.69) is 69.2 Å². The average Bonchev–Trinajstić information content (AvgIpc) is 2.71. The molecule has 0 aromatic heterocycles. The molecule has 0 aromatic rings. The summed E-state index contributed by atoms with van der Waals surface area (Å²) in [6.45, 7) is 22.0. The van der Waals surface area contributed by atoms with E-state index in [0.29, 0.717) is 0 Å². The molecule has 2 aliphatic rings. The SMILES string of the molecule is C[C]1C(C)=C(C)C(C)=C1C.C[C]1C(C)=C(C)C(C)=C1C.[Li+].[ZrH2]. The summed E-state index contributed by atoms with van der Waals surface area (Å²) in [4.78, 5) is 0. The van der Waals surface area contributed by atoms with Crippen LogP contribution in [0.25, 0.3) is 0 Å². The molecule has 2 rings (SSSR count). The zero-order chi connectivity index (χ0) is 15.8. The Labute approximate surface area is 169 Å². The summed E-state index contributed by atoms with van der Waals surface area (Å²) >= 11 is 0. The van der Waals surface area contributed by atoms with Gasteiger partial charge in [0.25, 0.3) is 0 Å². The van der Waals surface area contributed by atoms with Gasteiger partial charge in [0, 0.05) is 11.8 Å². The van der Waals surface area contributed by atoms with Gasteiger partial charge in [0.2, 0.25) is 0 Å². The fourth-order valence-electron chi connectivity index (χ4n) is 2.81. The second-order valence-electron chi connectivity index (χ2n) is 6.25. The number of allylic oxidation sites excluding steroid dienone is 8. The molecule has 0 saturated heterocycles. The van der Waals surface area contributed by atoms with Gasteiger partial charge in [0.15, 0.2) is 0 Å². The van der Waals surface area contributed by atoms with Crippen molar-refractivity contribution in [1.82, 2.24) is 0 Å². The molecule has 0 N–H and O–H groups in total. The summed E-state index contributed by atoms with van der Waals surface area (Å²) in [7, 11) is 0. The van der Waals surface area contributed by atoms with Crippen LogP contribution in [0.2, 0.25) is 0 Å². The first-order valence-corrected chi connectivity index (χ1v) is 7.50. The molecular weight excluding hydrogens is 338 g/mol. The van der Waals surface area contributed by atoms with Crippen LogP contribution in [0.3, 0.4) is 0 Å². The van der Waals surface area contributed by atoms with Crippen molar-refractivity contribution in [2.45, 2.75) is 69.2 Å². The van der Waals surface area contributed by atoms with E-state index in [4.69, 9.17) is 0 Å². The van der Waals surface area contributed by atoms with Crippen LogP contribution in [-0.2, 0) is 26.2 Å². The van der Waals surface area contributed by atoms with Gasteiger partial charge in [0.1, 0.15) is 0 Å². The van der Waals surface area contributed by atoms with E-state index in [1.54, 1.807) is 0 Å². The van der Waals surface area contributed by atoms with Crippen LogP contribution in [0.5, 0.6) is 0 Å². The second kappa shape index (κ2) is 9.67. The van der Waals surface area contributed by atoms with Crippen LogP contribution in [0.4, 0.5) is 0 Å². The molecule has 0 heterocycles. The van der Waals surface area contributed by atoms with Gasteiger partial charge in [-0.1, -0.05) is 36.1 Å². The van der Waals surface area contributed by atoms with Crippen LogP contribution in [-0.4, -0.2) is 0 Å². The summed E-state index contributed by atoms with van der Waals surface area (Å²) in [5.41, 5.74) is 11.7. The molecule has 2 heteroatoms. The molecule has 0 aromatic carbocycles. The third kappa shape index (κ3) is 4.72. The van der Waals surface area contributed by atoms with Gasteiger partial charge >= 0.3 is 45.1 Å². The maximum absolute atomic E-state index is 2.20. The van der Waals surface area contributed by atoms with E-state index >= 15 is 0 Å². The Morgan fingerprint density at radius 1 is 0.318 bits per heavy atom. The van der Waals surface area contributed by atoms with E-state index < -0.39 is 0 Å². The van der Waals surface area contributed by atoms with Crippen LogP contribution >= 0.6 is 0 Å². The molecule has 0 unspecified atom stereocenters. The molecule has 0 bridgehead atoms. The van der Waals surface area contributed by atoms with Gasteiger partial charge in [-0.3, -0.25) is 0 Å². The molecule has 0 aliphatic heterocycles. The van der Waals surface area contributed by atoms with Gasteiger partial charge in [-0.05, 0) is 77.7 Å². The predicted molar refractivity (Wildman–Crippen MR) is 94.1 cm³/mol. The van der Waals surface area contributed by atoms with Crippen LogP contribution in [0, 0.1) is 11.8 Å². The Kier molecular flexibility index (Phi) is 10.8. The van der Waals surface area contributed by atoms with Crippen LogP contribution in [0.15, 0.2) is 44.6 Å². The Balaban J connectivity index is 0. The predicted octanol–water partition coefficient (Wildman–Crippen LogP) is 3.00. The molecule has 0 spiro atoms. The molecule has 0 amide bonds. The normalized spacial score (nSPS) is 19.4. The van der Waals surface area contributed by atoms with Crippen molar-refractivity contribution in [2.75, 3.05) is 0 Å². The molecule has 0 nitrogen and oxygen atoms in total. The summed E-state index contributed by atoms with van der Waals surface area (Å²) < 4.78 is 0. The Hall–Kier alpha value is 0.441. The van der Waals surface area contributed by atoms with Gasteiger partial charge in [0.05, 0.1) is 0 Å². The van der Waals surface area contributed by atoms with E-state index in [9.17, 15) is 0 Å². The van der Waals surface area contributed by atoms with Crippen molar-refractivity contribution in [3.63, 3.8) is 0 Å². The third-order valence-electron chi connectivity index (χ3n) is 5.62. The van der Waals surface area contributed by atoms with Crippen LogP contribution in [0.1, 0.15) is 69.2 Å². The monoisotopic (exact) mass is 369 g/mol. The molecule has 0 saturated carbocycles. The molecule has 0 atom stereocenters. The summed E-state index contributed by atoms with van der Waals surface area (Å²) in [5, 5.41) is 0. The molecule has 22 heavy (non-hydrogen) atoms. The van der Waals surface area contributed by atoms with Crippen molar-refractivity contribution >= 4 is 0 Å². The van der Waals surface area contributed by atoms with E-state index in [1.165, 1.54) is 56.4 Å². The Morgan fingerprint density at radius 3 is 0.500 bits per heavy atom. The summed E-state index contributed by atoms with van der Waals surface area (Å²) in [6.07, 6.45) is 0. The Bertz CT molecular complexity index is 446. The molecule has 2 aliphatic carbocycles. The first kappa shape index (κ1) is 24.7. The number of hydrogen-bond acceptors (Lipinski definition) is 0. The van der Waals surface area contributed by atoms with Crippen LogP contribution < -0.4 is 18.9 Å². The quantitative estimate of drug-likeness (QED) is 0.575. The van der Waals surface area contributed by atoms with E-state index in [1.807, 2.05) is 0 Å². The first-order chi connectivity index (χ1) is 9.11. The molecule has 2 radical (unpaired) electrons. The summed E-state index contributed by atoms with van der Waals surface area (Å²) in [5.74, 6) is 2.94. The average molecular weight is 371 g/mol. The fraction of sp³-hybridized carbons (Fsp3) is 0.500. The molecule has 116 valence electrons. The van der Waals surface area contributed by atoms with Crippen molar-refractivity contribution in [3.05, 3.63) is 56.4 Å². The zero-order valence-corrected chi connectivity index (χ0v) is 20.2. The van der Waals surface area contributed by atoms with Gasteiger partial charge in [-0.2, -0.15) is 0 Å². The van der Waals surface area contributed by atoms with Gasteiger partial charge in [-0.25, -0.2) is 0 Å². The Morgan fingerprint density at radius 2 is 0.455 bits per heavy atom. The molecular formula is C20H32LiZr+. The van der Waals surface area contributed by atoms with Gasteiger partial charge < -0.3 is 0 Å². The zero-order valence-electron chi connectivity index (χ0n) is 16.7. The summed E-state index contributed by atoms with van der Waals surface area (Å²) in [6, 6.07) is 0. The van der Waals surface area contributed by atoms with Crippen molar-refractivity contribution in [3.8, 4) is 0 Å². The van der Waals surface area contributed by atoms with E-state index in [-0.39, 0.29) is 45.1 Å². The maximum atomic E-state index is 2.20. The fourth-order valence-corrected chi connectivity index (χ4v) is 2.81. The van der Waals surface area contributed by atoms with Gasteiger partial charge in [-0.15, -0.1) is 0 Å². The number of rotatable bonds is 0. The topological polar surface area (TPSA) is 0 Å².